The van der Waals surface area contributed by atoms with Crippen LogP contribution in [0, 0.1) is 0 Å². The zero-order valence-electron chi connectivity index (χ0n) is 10.5. The molecule has 90 valence electrons. The summed E-state index contributed by atoms with van der Waals surface area (Å²) in [5.41, 5.74) is 4.35. The Hall–Kier alpha value is -0.610. The fraction of sp³-hybridized carbons (Fsp3) is 0.909. The van der Waals surface area contributed by atoms with E-state index >= 15 is 0 Å². The summed E-state index contributed by atoms with van der Waals surface area (Å²) in [4.78, 5) is 11.3. The lowest BCUT2D eigenvalue weighted by Crippen LogP contribution is -2.57. The molecule has 0 aliphatic carbocycles. The number of nitrogens with two attached hydrogens (primary N) is 1. The third-order valence-electron chi connectivity index (χ3n) is 2.71. The van der Waals surface area contributed by atoms with Crippen LogP contribution in [0.3, 0.4) is 0 Å². The van der Waals surface area contributed by atoms with Crippen molar-refractivity contribution < 1.29 is 9.53 Å². The zero-order valence-corrected chi connectivity index (χ0v) is 10.5. The van der Waals surface area contributed by atoms with E-state index in [1.807, 2.05) is 20.8 Å². The van der Waals surface area contributed by atoms with Gasteiger partial charge in [0.25, 0.3) is 0 Å². The molecule has 0 bridgehead atoms. The first kappa shape index (κ1) is 14.4. The Balaban J connectivity index is 4.37. The summed E-state index contributed by atoms with van der Waals surface area (Å²) >= 11 is 0. The summed E-state index contributed by atoms with van der Waals surface area (Å²) in [6.45, 7) is 10.7. The molecule has 0 saturated carbocycles. The van der Waals surface area contributed by atoms with E-state index in [0.717, 1.165) is 6.42 Å². The number of hydrogen-bond acceptors (Lipinski definition) is 3. The second-order valence-corrected chi connectivity index (χ2v) is 4.63. The largest absolute Gasteiger partial charge is 0.373 e. The van der Waals surface area contributed by atoms with Crippen LogP contribution in [-0.2, 0) is 9.53 Å². The zero-order chi connectivity index (χ0) is 12.1. The molecule has 3 N–H and O–H groups in total. The van der Waals surface area contributed by atoms with Crippen LogP contribution < -0.4 is 11.1 Å². The van der Waals surface area contributed by atoms with Gasteiger partial charge in [-0.2, -0.15) is 0 Å². The molecule has 4 heteroatoms. The van der Waals surface area contributed by atoms with E-state index in [-0.39, 0.29) is 11.5 Å². The molecule has 0 saturated heterocycles. The van der Waals surface area contributed by atoms with Crippen LogP contribution in [0.4, 0.5) is 0 Å². The lowest BCUT2D eigenvalue weighted by Gasteiger charge is -2.32. The van der Waals surface area contributed by atoms with Crippen molar-refractivity contribution in [1.82, 2.24) is 5.32 Å². The van der Waals surface area contributed by atoms with Crippen molar-refractivity contribution in [1.29, 1.82) is 0 Å². The third kappa shape index (κ3) is 4.62. The SMILES string of the molecule is CCNC(C)(COC(C)(C)CC)C(N)=O. The minimum absolute atomic E-state index is 0.216. The van der Waals surface area contributed by atoms with Crippen molar-refractivity contribution in [2.75, 3.05) is 13.2 Å². The number of nitrogens with one attached hydrogen (secondary N) is 1. The van der Waals surface area contributed by atoms with Crippen LogP contribution in [0.15, 0.2) is 0 Å². The van der Waals surface area contributed by atoms with Gasteiger partial charge in [0.15, 0.2) is 0 Å². The molecule has 0 rings (SSSR count). The first-order chi connectivity index (χ1) is 6.77. The molecule has 1 unspecified atom stereocenters. The van der Waals surface area contributed by atoms with Crippen LogP contribution in [0.2, 0.25) is 0 Å². The summed E-state index contributed by atoms with van der Waals surface area (Å²) in [6, 6.07) is 0. The summed E-state index contributed by atoms with van der Waals surface area (Å²) in [7, 11) is 0. The average Bonchev–Trinajstić information content (AvgIpc) is 2.15. The Kier molecular flexibility index (Phi) is 5.24. The van der Waals surface area contributed by atoms with Gasteiger partial charge >= 0.3 is 0 Å². The van der Waals surface area contributed by atoms with Crippen LogP contribution in [0.25, 0.3) is 0 Å². The van der Waals surface area contributed by atoms with Crippen molar-refractivity contribution in [3.05, 3.63) is 0 Å². The van der Waals surface area contributed by atoms with Crippen LogP contribution in [-0.4, -0.2) is 30.2 Å². The molecule has 0 spiro atoms. The maximum atomic E-state index is 11.3. The molecule has 0 fully saturated rings. The van der Waals surface area contributed by atoms with Crippen LogP contribution >= 0.6 is 0 Å². The van der Waals surface area contributed by atoms with Crippen LogP contribution in [0.5, 0.6) is 0 Å². The lowest BCUT2D eigenvalue weighted by atomic mass is 10.0. The van der Waals surface area contributed by atoms with Gasteiger partial charge in [0.2, 0.25) is 5.91 Å². The van der Waals surface area contributed by atoms with Crippen molar-refractivity contribution in [2.45, 2.75) is 52.2 Å². The third-order valence-corrected chi connectivity index (χ3v) is 2.71. The quantitative estimate of drug-likeness (QED) is 0.668. The minimum Gasteiger partial charge on any atom is -0.373 e. The highest BCUT2D eigenvalue weighted by Crippen LogP contribution is 2.16. The molecule has 15 heavy (non-hydrogen) atoms. The van der Waals surface area contributed by atoms with E-state index in [9.17, 15) is 4.79 Å². The topological polar surface area (TPSA) is 64.3 Å². The maximum Gasteiger partial charge on any atom is 0.239 e. The van der Waals surface area contributed by atoms with Gasteiger partial charge < -0.3 is 15.8 Å². The Labute approximate surface area is 92.6 Å². The van der Waals surface area contributed by atoms with Gasteiger partial charge in [-0.25, -0.2) is 0 Å². The molecular formula is C11H24N2O2. The van der Waals surface area contributed by atoms with Crippen molar-refractivity contribution >= 4 is 5.91 Å². The molecule has 0 aromatic carbocycles. The molecule has 1 atom stereocenters. The highest BCUT2D eigenvalue weighted by molar-refractivity contribution is 5.84. The number of carbonyl (C=O) groups is 1. The van der Waals surface area contributed by atoms with Gasteiger partial charge in [-0.3, -0.25) is 4.79 Å². The Bertz CT molecular complexity index is 217. The van der Waals surface area contributed by atoms with Gasteiger partial charge in [0.05, 0.1) is 12.2 Å². The number of amides is 1. The molecule has 0 aromatic heterocycles. The first-order valence-corrected chi connectivity index (χ1v) is 5.46. The molecular weight excluding hydrogens is 192 g/mol. The second-order valence-electron chi connectivity index (χ2n) is 4.63. The number of hydrogen-bond donors (Lipinski definition) is 2. The second kappa shape index (κ2) is 5.47. The standard InChI is InChI=1S/C11H24N2O2/c1-6-10(3,4)15-8-11(5,9(12)14)13-7-2/h13H,6-8H2,1-5H3,(H2,12,14). The van der Waals surface area contributed by atoms with E-state index < -0.39 is 5.54 Å². The van der Waals surface area contributed by atoms with E-state index in [1.165, 1.54) is 0 Å². The minimum atomic E-state index is -0.777. The van der Waals surface area contributed by atoms with Crippen molar-refractivity contribution in [3.8, 4) is 0 Å². The first-order valence-electron chi connectivity index (χ1n) is 5.46. The van der Waals surface area contributed by atoms with E-state index in [0.29, 0.717) is 13.2 Å². The highest BCUT2D eigenvalue weighted by atomic mass is 16.5. The van der Waals surface area contributed by atoms with E-state index in [1.54, 1.807) is 6.92 Å². The number of likely N-dealkylation sites (N-methyl/N-ethyl adjacent to an activating group) is 1. The van der Waals surface area contributed by atoms with Gasteiger partial charge in [0, 0.05) is 0 Å². The molecule has 4 nitrogen and oxygen atoms in total. The van der Waals surface area contributed by atoms with E-state index in [2.05, 4.69) is 12.2 Å². The maximum absolute atomic E-state index is 11.3. The van der Waals surface area contributed by atoms with Gasteiger partial charge in [-0.05, 0) is 33.7 Å². The molecule has 0 radical (unpaired) electrons. The number of rotatable bonds is 7. The van der Waals surface area contributed by atoms with Crippen molar-refractivity contribution in [2.24, 2.45) is 5.73 Å². The van der Waals surface area contributed by atoms with Gasteiger partial charge in [-0.1, -0.05) is 13.8 Å². The van der Waals surface area contributed by atoms with E-state index in [4.69, 9.17) is 10.5 Å². The summed E-state index contributed by atoms with van der Waals surface area (Å²) < 4.78 is 5.69. The number of carbonyl (C=O) groups excluding carboxylic acids is 1. The summed E-state index contributed by atoms with van der Waals surface area (Å²) in [5.74, 6) is -0.378. The average molecular weight is 216 g/mol. The number of ether oxygens (including phenoxy) is 1. The molecule has 0 aromatic rings. The monoisotopic (exact) mass is 216 g/mol. The molecule has 1 amide bonds. The Morgan fingerprint density at radius 2 is 1.87 bits per heavy atom. The van der Waals surface area contributed by atoms with Gasteiger partial charge in [0.1, 0.15) is 5.54 Å². The predicted molar refractivity (Wildman–Crippen MR) is 61.6 cm³/mol. The van der Waals surface area contributed by atoms with Gasteiger partial charge in [-0.15, -0.1) is 0 Å². The molecule has 0 heterocycles. The normalized spacial score (nSPS) is 16.1. The predicted octanol–water partition coefficient (Wildman–Crippen LogP) is 1.05. The Morgan fingerprint density at radius 3 is 2.20 bits per heavy atom. The molecule has 0 aliphatic rings. The lowest BCUT2D eigenvalue weighted by molar-refractivity contribution is -0.129. The fourth-order valence-corrected chi connectivity index (χ4v) is 1.04. The smallest absolute Gasteiger partial charge is 0.239 e. The fourth-order valence-electron chi connectivity index (χ4n) is 1.04. The summed E-state index contributed by atoms with van der Waals surface area (Å²) in [6.07, 6.45) is 0.897. The highest BCUT2D eigenvalue weighted by Gasteiger charge is 2.32. The van der Waals surface area contributed by atoms with Crippen molar-refractivity contribution in [3.63, 3.8) is 0 Å². The summed E-state index contributed by atoms with van der Waals surface area (Å²) in [5, 5.41) is 3.06. The molecule has 0 aliphatic heterocycles. The number of primary amides is 1. The Morgan fingerprint density at radius 1 is 1.33 bits per heavy atom. The van der Waals surface area contributed by atoms with Crippen LogP contribution in [0.1, 0.15) is 41.0 Å².